The van der Waals surface area contributed by atoms with Crippen molar-refractivity contribution in [3.05, 3.63) is 41.0 Å². The van der Waals surface area contributed by atoms with E-state index in [-0.39, 0.29) is 24.8 Å². The molecular formula is C10H11Cl2Hf. The Kier molecular flexibility index (Phi) is 5.50. The Bertz CT molecular complexity index is 321. The minimum Gasteiger partial charge on any atom is -0.147 e. The van der Waals surface area contributed by atoms with E-state index in [0.29, 0.717) is 0 Å². The van der Waals surface area contributed by atoms with E-state index >= 15 is 0 Å². The normalized spacial score (nSPS) is 17.1. The molecule has 3 heteroatoms. The Hall–Kier alpha value is 0.410. The fraction of sp³-hybridized carbons (Fsp3) is 0.200. The summed E-state index contributed by atoms with van der Waals surface area (Å²) in [4.78, 5) is 0. The topological polar surface area (TPSA) is 0 Å². The standard InChI is InChI=1S/C10H9.2ClH.Hf/c1-8-5-6-9-3-2-4-10(9)7-8;;;/h2-7H,1H3;2*1H;. The molecule has 0 aromatic heterocycles. The maximum absolute atomic E-state index is 2.32. The van der Waals surface area contributed by atoms with Gasteiger partial charge < -0.3 is 0 Å². The first kappa shape index (κ1) is 13.4. The molecule has 0 spiro atoms. The van der Waals surface area contributed by atoms with Crippen LogP contribution in [0.3, 0.4) is 0 Å². The number of hydrogen-bond donors (Lipinski definition) is 0. The Labute approximate surface area is 106 Å². The molecule has 0 saturated heterocycles. The molecule has 13 heavy (non-hydrogen) atoms. The average molecular weight is 381 g/mol. The first-order chi connectivity index (χ1) is 5.27. The minimum atomic E-state index is 0. The van der Waals surface area contributed by atoms with Crippen molar-refractivity contribution in [2.24, 2.45) is 0 Å². The van der Waals surface area contributed by atoms with Gasteiger partial charge >= 0.3 is 82.0 Å². The van der Waals surface area contributed by atoms with Crippen molar-refractivity contribution < 1.29 is 24.4 Å². The third-order valence-corrected chi connectivity index (χ3v) is 3.85. The average Bonchev–Trinajstić information content (AvgIpc) is 2.33. The van der Waals surface area contributed by atoms with Gasteiger partial charge in [-0.1, -0.05) is 0 Å². The van der Waals surface area contributed by atoms with Gasteiger partial charge in [0.05, 0.1) is 0 Å². The van der Waals surface area contributed by atoms with Crippen LogP contribution in [0.1, 0.15) is 20.4 Å². The van der Waals surface area contributed by atoms with Gasteiger partial charge in [-0.2, -0.15) is 0 Å². The van der Waals surface area contributed by atoms with Gasteiger partial charge in [0, 0.05) is 0 Å². The van der Waals surface area contributed by atoms with Crippen LogP contribution in [0.25, 0.3) is 6.08 Å². The molecule has 1 aliphatic carbocycles. The summed E-state index contributed by atoms with van der Waals surface area (Å²) in [5.41, 5.74) is 4.35. The van der Waals surface area contributed by atoms with Crippen LogP contribution in [0.2, 0.25) is 0 Å². The summed E-state index contributed by atoms with van der Waals surface area (Å²) >= 11 is 1.24. The second-order valence-corrected chi connectivity index (χ2v) is 5.20. The zero-order chi connectivity index (χ0) is 7.84. The summed E-state index contributed by atoms with van der Waals surface area (Å²) in [6.45, 7) is 2.16. The van der Waals surface area contributed by atoms with Gasteiger partial charge in [-0.3, -0.25) is 0 Å². The van der Waals surface area contributed by atoms with Gasteiger partial charge in [0.1, 0.15) is 0 Å². The van der Waals surface area contributed by atoms with E-state index < -0.39 is 0 Å². The van der Waals surface area contributed by atoms with Gasteiger partial charge in [-0.25, -0.2) is 0 Å². The second kappa shape index (κ2) is 5.33. The molecule has 0 fully saturated rings. The summed E-state index contributed by atoms with van der Waals surface area (Å²) in [5, 5.41) is 0. The molecule has 0 nitrogen and oxygen atoms in total. The number of fused-ring (bicyclic) bond motifs is 1. The summed E-state index contributed by atoms with van der Waals surface area (Å²) in [6.07, 6.45) is 4.56. The molecule has 2 rings (SSSR count). The molecule has 0 heterocycles. The van der Waals surface area contributed by atoms with Gasteiger partial charge in [-0.05, 0) is 0 Å². The Balaban J connectivity index is 0.000000720. The van der Waals surface area contributed by atoms with E-state index in [4.69, 9.17) is 0 Å². The van der Waals surface area contributed by atoms with Crippen molar-refractivity contribution in [3.8, 4) is 0 Å². The second-order valence-electron chi connectivity index (χ2n) is 2.97. The molecule has 0 bridgehead atoms. The fourth-order valence-corrected chi connectivity index (χ4v) is 2.66. The van der Waals surface area contributed by atoms with Crippen LogP contribution in [0, 0.1) is 6.92 Å². The van der Waals surface area contributed by atoms with Crippen LogP contribution in [0.4, 0.5) is 0 Å². The molecule has 0 N–H and O–H groups in total. The summed E-state index contributed by atoms with van der Waals surface area (Å²) in [5.74, 6) is 0. The number of halogens is 2. The Morgan fingerprint density at radius 1 is 1.23 bits per heavy atom. The van der Waals surface area contributed by atoms with Gasteiger partial charge in [-0.15, -0.1) is 24.8 Å². The van der Waals surface area contributed by atoms with Crippen molar-refractivity contribution in [2.75, 3.05) is 0 Å². The fourth-order valence-electron chi connectivity index (χ4n) is 1.42. The van der Waals surface area contributed by atoms with E-state index in [2.05, 4.69) is 37.3 Å². The number of hydrogen-bond acceptors (Lipinski definition) is 0. The first-order valence-corrected chi connectivity index (χ1v) is 5.84. The van der Waals surface area contributed by atoms with Crippen LogP contribution in [0.5, 0.6) is 0 Å². The zero-order valence-electron chi connectivity index (χ0n) is 7.28. The van der Waals surface area contributed by atoms with Crippen LogP contribution in [-0.2, 0) is 24.4 Å². The molecule has 0 aliphatic heterocycles. The molecular weight excluding hydrogens is 370 g/mol. The zero-order valence-corrected chi connectivity index (χ0v) is 12.5. The third-order valence-electron chi connectivity index (χ3n) is 2.05. The molecule has 1 atom stereocenters. The summed E-state index contributed by atoms with van der Waals surface area (Å²) in [7, 11) is 0. The maximum atomic E-state index is 2.32. The quantitative estimate of drug-likeness (QED) is 0.605. The largest absolute Gasteiger partial charge is 0.147 e. The van der Waals surface area contributed by atoms with E-state index in [0.717, 1.165) is 3.67 Å². The van der Waals surface area contributed by atoms with Crippen molar-refractivity contribution in [1.82, 2.24) is 0 Å². The number of rotatable bonds is 0. The SMILES string of the molecule is Cc1ccc2c(c1)[CH]([Hf])C=C2.Cl.Cl. The molecule has 69 valence electrons. The van der Waals surface area contributed by atoms with Crippen LogP contribution >= 0.6 is 24.8 Å². The molecule has 1 aromatic rings. The molecule has 0 saturated carbocycles. The predicted molar refractivity (Wildman–Crippen MR) is 57.5 cm³/mol. The van der Waals surface area contributed by atoms with Gasteiger partial charge in [0.25, 0.3) is 0 Å². The van der Waals surface area contributed by atoms with Crippen LogP contribution in [-0.4, -0.2) is 0 Å². The smallest absolute Gasteiger partial charge is 0.147 e. The van der Waals surface area contributed by atoms with Crippen molar-refractivity contribution in [2.45, 2.75) is 10.6 Å². The van der Waals surface area contributed by atoms with Gasteiger partial charge in [0.15, 0.2) is 0 Å². The maximum Gasteiger partial charge on any atom is -0.147 e. The van der Waals surface area contributed by atoms with Crippen LogP contribution in [0.15, 0.2) is 24.3 Å². The summed E-state index contributed by atoms with van der Waals surface area (Å²) in [6, 6.07) is 6.72. The number of aryl methyl sites for hydroxylation is 1. The van der Waals surface area contributed by atoms with E-state index in [1.807, 2.05) is 0 Å². The van der Waals surface area contributed by atoms with Crippen LogP contribution < -0.4 is 0 Å². The van der Waals surface area contributed by atoms with Crippen molar-refractivity contribution in [3.63, 3.8) is 0 Å². The monoisotopic (exact) mass is 381 g/mol. The van der Waals surface area contributed by atoms with E-state index in [9.17, 15) is 0 Å². The Morgan fingerprint density at radius 3 is 2.62 bits per heavy atom. The Morgan fingerprint density at radius 2 is 1.92 bits per heavy atom. The third kappa shape index (κ3) is 2.68. The molecule has 0 amide bonds. The predicted octanol–water partition coefficient (Wildman–Crippen LogP) is 3.45. The molecule has 1 unspecified atom stereocenters. The molecule has 1 aliphatic rings. The van der Waals surface area contributed by atoms with Gasteiger partial charge in [0.2, 0.25) is 0 Å². The molecule has 0 radical (unpaired) electrons. The minimum absolute atomic E-state index is 0. The van der Waals surface area contributed by atoms with E-state index in [1.54, 1.807) is 0 Å². The summed E-state index contributed by atoms with van der Waals surface area (Å²) < 4.78 is 0.755. The molecule has 1 aromatic carbocycles. The number of benzene rings is 1. The number of allylic oxidation sites excluding steroid dienone is 1. The van der Waals surface area contributed by atoms with Crippen molar-refractivity contribution >= 4 is 30.9 Å². The van der Waals surface area contributed by atoms with Crippen molar-refractivity contribution in [1.29, 1.82) is 0 Å². The first-order valence-electron chi connectivity index (χ1n) is 3.77. The van der Waals surface area contributed by atoms with E-state index in [1.165, 1.54) is 41.1 Å².